The van der Waals surface area contributed by atoms with E-state index in [-0.39, 0.29) is 24.0 Å². The van der Waals surface area contributed by atoms with E-state index >= 15 is 0 Å². The highest BCUT2D eigenvalue weighted by molar-refractivity contribution is 14.0. The van der Waals surface area contributed by atoms with Gasteiger partial charge in [0.15, 0.2) is 5.96 Å². The van der Waals surface area contributed by atoms with Gasteiger partial charge in [0.25, 0.3) is 0 Å². The van der Waals surface area contributed by atoms with Crippen molar-refractivity contribution in [3.63, 3.8) is 0 Å². The van der Waals surface area contributed by atoms with E-state index in [2.05, 4.69) is 20.9 Å². The highest BCUT2D eigenvalue weighted by Crippen LogP contribution is 2.17. The van der Waals surface area contributed by atoms with Crippen LogP contribution in [0.4, 0.5) is 0 Å². The van der Waals surface area contributed by atoms with E-state index in [1.165, 1.54) is 25.7 Å². The van der Waals surface area contributed by atoms with Crippen LogP contribution in [0.5, 0.6) is 0 Å². The van der Waals surface area contributed by atoms with Crippen molar-refractivity contribution >= 4 is 29.9 Å². The number of furan rings is 1. The molecule has 138 valence electrons. The van der Waals surface area contributed by atoms with E-state index in [0.29, 0.717) is 6.04 Å². The molecule has 1 saturated carbocycles. The molecule has 1 aliphatic carbocycles. The molecule has 1 fully saturated rings. The predicted octanol–water partition coefficient (Wildman–Crippen LogP) is 2.60. The maximum Gasteiger partial charge on any atom is 0.191 e. The van der Waals surface area contributed by atoms with E-state index in [9.17, 15) is 0 Å². The highest BCUT2D eigenvalue weighted by atomic mass is 127. The van der Waals surface area contributed by atoms with Gasteiger partial charge < -0.3 is 15.1 Å². The minimum atomic E-state index is 0. The van der Waals surface area contributed by atoms with E-state index < -0.39 is 0 Å². The van der Waals surface area contributed by atoms with Gasteiger partial charge in [0.05, 0.1) is 12.5 Å². The summed E-state index contributed by atoms with van der Waals surface area (Å²) in [7, 11) is 0. The zero-order valence-corrected chi connectivity index (χ0v) is 16.8. The summed E-state index contributed by atoms with van der Waals surface area (Å²) in [5.74, 6) is 1.90. The SMILES string of the molecule is I.c1coc(CCNC(=NCCCn2ccnn2)NC2CCCC2)c1. The van der Waals surface area contributed by atoms with Crippen LogP contribution in [0.1, 0.15) is 37.9 Å². The molecule has 0 atom stereocenters. The number of aliphatic imine (C=N–C) groups is 1. The Hall–Kier alpha value is -1.58. The number of halogens is 1. The molecule has 2 N–H and O–H groups in total. The number of rotatable bonds is 8. The molecule has 8 heteroatoms. The number of nitrogens with one attached hydrogen (secondary N) is 2. The first-order chi connectivity index (χ1) is 11.9. The lowest BCUT2D eigenvalue weighted by molar-refractivity contribution is 0.505. The fraction of sp³-hybridized carbons (Fsp3) is 0.588. The molecule has 3 rings (SSSR count). The zero-order chi connectivity index (χ0) is 16.5. The summed E-state index contributed by atoms with van der Waals surface area (Å²) in [6.45, 7) is 2.42. The molecule has 0 bridgehead atoms. The molecule has 25 heavy (non-hydrogen) atoms. The molecule has 0 saturated heterocycles. The molecule has 0 spiro atoms. The van der Waals surface area contributed by atoms with Gasteiger partial charge >= 0.3 is 0 Å². The molecular weight excluding hydrogens is 431 g/mol. The Balaban J connectivity index is 0.00000225. The zero-order valence-electron chi connectivity index (χ0n) is 14.4. The van der Waals surface area contributed by atoms with Gasteiger partial charge in [-0.15, -0.1) is 29.1 Å². The van der Waals surface area contributed by atoms with Crippen molar-refractivity contribution in [2.24, 2.45) is 4.99 Å². The van der Waals surface area contributed by atoms with Crippen LogP contribution in [0.3, 0.4) is 0 Å². The first-order valence-electron chi connectivity index (χ1n) is 8.81. The van der Waals surface area contributed by atoms with Crippen LogP contribution in [0, 0.1) is 0 Å². The van der Waals surface area contributed by atoms with Crippen LogP contribution in [-0.2, 0) is 13.0 Å². The van der Waals surface area contributed by atoms with Crippen LogP contribution in [-0.4, -0.2) is 40.1 Å². The Morgan fingerprint density at radius 1 is 1.36 bits per heavy atom. The van der Waals surface area contributed by atoms with Crippen molar-refractivity contribution in [2.45, 2.75) is 51.1 Å². The van der Waals surface area contributed by atoms with E-state index in [1.54, 1.807) is 12.5 Å². The largest absolute Gasteiger partial charge is 0.469 e. The third-order valence-corrected chi connectivity index (χ3v) is 4.23. The third-order valence-electron chi connectivity index (χ3n) is 4.23. The van der Waals surface area contributed by atoms with Crippen LogP contribution < -0.4 is 10.6 Å². The van der Waals surface area contributed by atoms with Gasteiger partial charge in [-0.3, -0.25) is 9.67 Å². The molecule has 2 aromatic rings. The summed E-state index contributed by atoms with van der Waals surface area (Å²) in [5.41, 5.74) is 0. The van der Waals surface area contributed by atoms with Gasteiger partial charge in [-0.2, -0.15) is 0 Å². The average molecular weight is 458 g/mol. The summed E-state index contributed by atoms with van der Waals surface area (Å²) in [6.07, 6.45) is 12.2. The van der Waals surface area contributed by atoms with Gasteiger partial charge in [-0.05, 0) is 31.4 Å². The Kier molecular flexibility index (Phi) is 8.78. The Morgan fingerprint density at radius 2 is 2.24 bits per heavy atom. The van der Waals surface area contributed by atoms with Crippen LogP contribution in [0.15, 0.2) is 40.2 Å². The van der Waals surface area contributed by atoms with Gasteiger partial charge in [-0.1, -0.05) is 18.1 Å². The number of aromatic nitrogens is 3. The fourth-order valence-corrected chi connectivity index (χ4v) is 2.95. The summed E-state index contributed by atoms with van der Waals surface area (Å²) in [5, 5.41) is 14.8. The molecule has 1 aliphatic rings. The van der Waals surface area contributed by atoms with Crippen LogP contribution >= 0.6 is 24.0 Å². The number of hydrogen-bond acceptors (Lipinski definition) is 4. The van der Waals surface area contributed by atoms with Crippen molar-refractivity contribution in [3.05, 3.63) is 36.5 Å². The minimum Gasteiger partial charge on any atom is -0.469 e. The molecular formula is C17H27IN6O. The highest BCUT2D eigenvalue weighted by Gasteiger charge is 2.15. The van der Waals surface area contributed by atoms with E-state index in [1.807, 2.05) is 23.0 Å². The maximum atomic E-state index is 5.37. The van der Waals surface area contributed by atoms with E-state index in [4.69, 9.17) is 9.41 Å². The quantitative estimate of drug-likeness (QED) is 0.275. The second-order valence-corrected chi connectivity index (χ2v) is 6.13. The lowest BCUT2D eigenvalue weighted by Crippen LogP contribution is -2.43. The second kappa shape index (κ2) is 11.1. The molecule has 0 radical (unpaired) electrons. The van der Waals surface area contributed by atoms with Crippen molar-refractivity contribution < 1.29 is 4.42 Å². The standard InChI is InChI=1S/C17H26N6O.HI/c1-2-6-15(5-1)21-17(19-10-8-16-7-3-14-24-16)18-9-4-12-23-13-11-20-22-23;/h3,7,11,13-15H,1-2,4-6,8-10,12H2,(H2,18,19,21);1H. The van der Waals surface area contributed by atoms with Crippen molar-refractivity contribution in [1.82, 2.24) is 25.6 Å². The van der Waals surface area contributed by atoms with Gasteiger partial charge in [0, 0.05) is 38.3 Å². The smallest absolute Gasteiger partial charge is 0.191 e. The third kappa shape index (κ3) is 7.05. The number of aryl methyl sites for hydroxylation is 1. The molecule has 2 heterocycles. The summed E-state index contributed by atoms with van der Waals surface area (Å²) in [4.78, 5) is 4.71. The number of guanidine groups is 1. The van der Waals surface area contributed by atoms with Crippen molar-refractivity contribution in [1.29, 1.82) is 0 Å². The predicted molar refractivity (Wildman–Crippen MR) is 108 cm³/mol. The Morgan fingerprint density at radius 3 is 2.96 bits per heavy atom. The number of nitrogens with zero attached hydrogens (tertiary/aromatic N) is 4. The molecule has 0 aliphatic heterocycles. The molecule has 2 aromatic heterocycles. The van der Waals surface area contributed by atoms with E-state index in [0.717, 1.165) is 44.2 Å². The molecule has 0 unspecified atom stereocenters. The average Bonchev–Trinajstić information content (AvgIpc) is 3.34. The summed E-state index contributed by atoms with van der Waals surface area (Å²) < 4.78 is 7.21. The Labute approximate surface area is 165 Å². The number of hydrogen-bond donors (Lipinski definition) is 2. The second-order valence-electron chi connectivity index (χ2n) is 6.13. The summed E-state index contributed by atoms with van der Waals surface area (Å²) in [6, 6.07) is 4.47. The Bertz CT molecular complexity index is 593. The first-order valence-corrected chi connectivity index (χ1v) is 8.81. The van der Waals surface area contributed by atoms with Crippen LogP contribution in [0.2, 0.25) is 0 Å². The van der Waals surface area contributed by atoms with Gasteiger partial charge in [0.2, 0.25) is 0 Å². The minimum absolute atomic E-state index is 0. The molecule has 0 amide bonds. The first kappa shape index (κ1) is 19.7. The van der Waals surface area contributed by atoms with Gasteiger partial charge in [0.1, 0.15) is 5.76 Å². The van der Waals surface area contributed by atoms with Crippen LogP contribution in [0.25, 0.3) is 0 Å². The normalized spacial score (nSPS) is 15.1. The van der Waals surface area contributed by atoms with Crippen molar-refractivity contribution in [2.75, 3.05) is 13.1 Å². The maximum absolute atomic E-state index is 5.37. The van der Waals surface area contributed by atoms with Gasteiger partial charge in [-0.25, -0.2) is 0 Å². The fourth-order valence-electron chi connectivity index (χ4n) is 2.95. The molecule has 0 aromatic carbocycles. The topological polar surface area (TPSA) is 80.3 Å². The summed E-state index contributed by atoms with van der Waals surface area (Å²) >= 11 is 0. The van der Waals surface area contributed by atoms with Crippen molar-refractivity contribution in [3.8, 4) is 0 Å². The molecule has 7 nitrogen and oxygen atoms in total. The monoisotopic (exact) mass is 458 g/mol. The lowest BCUT2D eigenvalue weighted by Gasteiger charge is -2.17. The lowest BCUT2D eigenvalue weighted by atomic mass is 10.2.